The smallest absolute Gasteiger partial charge is 0.127 e. The van der Waals surface area contributed by atoms with Gasteiger partial charge < -0.3 is 9.64 Å². The molecule has 1 unspecified atom stereocenters. The zero-order chi connectivity index (χ0) is 22.9. The second kappa shape index (κ2) is 8.82. The minimum atomic E-state index is 0.159. The van der Waals surface area contributed by atoms with Crippen LogP contribution >= 0.6 is 0 Å². The van der Waals surface area contributed by atoms with Crippen molar-refractivity contribution in [3.05, 3.63) is 83.4 Å². The van der Waals surface area contributed by atoms with E-state index in [0.717, 1.165) is 23.6 Å². The lowest BCUT2D eigenvalue weighted by Gasteiger charge is -2.50. The molecule has 3 aromatic carbocycles. The Labute approximate surface area is 192 Å². The van der Waals surface area contributed by atoms with Gasteiger partial charge in [-0.05, 0) is 112 Å². The molecule has 3 aromatic rings. The molecule has 3 nitrogen and oxygen atoms in total. The lowest BCUT2D eigenvalue weighted by Crippen LogP contribution is -2.51. The van der Waals surface area contributed by atoms with Gasteiger partial charge in [-0.3, -0.25) is 4.99 Å². The van der Waals surface area contributed by atoms with Gasteiger partial charge in [0, 0.05) is 23.5 Å². The molecule has 0 spiro atoms. The first-order chi connectivity index (χ1) is 15.2. The highest BCUT2D eigenvalue weighted by Gasteiger charge is 2.37. The number of hydrogen-bond acceptors (Lipinski definition) is 3. The lowest BCUT2D eigenvalue weighted by atomic mass is 9.78. The molecule has 0 bridgehead atoms. The van der Waals surface area contributed by atoms with E-state index in [2.05, 4.69) is 58.6 Å². The number of nitrogens with zero attached hydrogens (tertiary/aromatic N) is 2. The first kappa shape index (κ1) is 22.1. The van der Waals surface area contributed by atoms with Crippen molar-refractivity contribution in [2.45, 2.75) is 65.5 Å². The molecule has 0 fully saturated rings. The minimum absolute atomic E-state index is 0.159. The summed E-state index contributed by atoms with van der Waals surface area (Å²) in [6.45, 7) is 13.8. The largest absolute Gasteiger partial charge is 0.457 e. The number of hydrogen-bond donors (Lipinski definition) is 0. The second-order valence-electron chi connectivity index (χ2n) is 9.82. The Bertz CT molecular complexity index is 1100. The molecule has 3 heteroatoms. The summed E-state index contributed by atoms with van der Waals surface area (Å²) in [6.07, 6.45) is 3.15. The van der Waals surface area contributed by atoms with Gasteiger partial charge in [0.15, 0.2) is 0 Å². The standard InChI is InChI=1S/C29H34N2O/c1-20(2)31-28-16-21(3)23(17-27(28)22(4)18-29(31,5)6)19-30-24-12-14-26(15-13-24)32-25-10-8-7-9-11-25/h7-17,19-20,22H,18H2,1-6H3. The van der Waals surface area contributed by atoms with Crippen LogP contribution in [0.2, 0.25) is 0 Å². The molecule has 1 heterocycles. The molecule has 0 saturated heterocycles. The minimum Gasteiger partial charge on any atom is -0.457 e. The summed E-state index contributed by atoms with van der Waals surface area (Å²) in [7, 11) is 0. The van der Waals surface area contributed by atoms with Gasteiger partial charge in [0.25, 0.3) is 0 Å². The topological polar surface area (TPSA) is 24.8 Å². The third-order valence-corrected chi connectivity index (χ3v) is 6.35. The van der Waals surface area contributed by atoms with Crippen molar-refractivity contribution in [3.63, 3.8) is 0 Å². The Kier molecular flexibility index (Phi) is 6.10. The predicted molar refractivity (Wildman–Crippen MR) is 136 cm³/mol. The summed E-state index contributed by atoms with van der Waals surface area (Å²) in [5.74, 6) is 2.17. The highest BCUT2D eigenvalue weighted by molar-refractivity contribution is 5.86. The number of ether oxygens (including phenoxy) is 1. The third-order valence-electron chi connectivity index (χ3n) is 6.35. The maximum Gasteiger partial charge on any atom is 0.127 e. The zero-order valence-electron chi connectivity index (χ0n) is 20.1. The maximum atomic E-state index is 5.88. The number of rotatable bonds is 5. The van der Waals surface area contributed by atoms with E-state index in [-0.39, 0.29) is 5.54 Å². The van der Waals surface area contributed by atoms with Crippen LogP contribution in [0.4, 0.5) is 11.4 Å². The third kappa shape index (κ3) is 4.57. The summed E-state index contributed by atoms with van der Waals surface area (Å²) in [5.41, 5.74) is 6.32. The van der Waals surface area contributed by atoms with Gasteiger partial charge in [0.1, 0.15) is 11.5 Å². The number of para-hydroxylation sites is 1. The van der Waals surface area contributed by atoms with Crippen LogP contribution in [-0.2, 0) is 0 Å². The summed E-state index contributed by atoms with van der Waals surface area (Å²) in [4.78, 5) is 7.33. The lowest BCUT2D eigenvalue weighted by molar-refractivity contribution is 0.356. The van der Waals surface area contributed by atoms with Crippen molar-refractivity contribution in [3.8, 4) is 11.5 Å². The Morgan fingerprint density at radius 3 is 2.31 bits per heavy atom. The Morgan fingerprint density at radius 1 is 1.00 bits per heavy atom. The molecule has 1 aliphatic heterocycles. The molecule has 4 rings (SSSR count). The molecule has 1 aliphatic rings. The highest BCUT2D eigenvalue weighted by atomic mass is 16.5. The Hall–Kier alpha value is -3.07. The van der Waals surface area contributed by atoms with E-state index in [1.54, 1.807) is 0 Å². The SMILES string of the molecule is Cc1cc2c(cc1C=Nc1ccc(Oc3ccccc3)cc1)C(C)CC(C)(C)N2C(C)C. The van der Waals surface area contributed by atoms with Gasteiger partial charge in [0.05, 0.1) is 5.69 Å². The number of fused-ring (bicyclic) bond motifs is 1. The molecule has 166 valence electrons. The van der Waals surface area contributed by atoms with E-state index in [1.807, 2.05) is 60.8 Å². The van der Waals surface area contributed by atoms with Crippen molar-refractivity contribution in [2.75, 3.05) is 4.90 Å². The fraction of sp³-hybridized carbons (Fsp3) is 0.345. The zero-order valence-corrected chi connectivity index (χ0v) is 20.1. The van der Waals surface area contributed by atoms with E-state index in [9.17, 15) is 0 Å². The van der Waals surface area contributed by atoms with E-state index in [1.165, 1.54) is 22.4 Å². The van der Waals surface area contributed by atoms with Gasteiger partial charge in [0.2, 0.25) is 0 Å². The van der Waals surface area contributed by atoms with Gasteiger partial charge in [-0.2, -0.15) is 0 Å². The number of benzene rings is 3. The van der Waals surface area contributed by atoms with Gasteiger partial charge in [-0.15, -0.1) is 0 Å². The molecule has 0 N–H and O–H groups in total. The molecular weight excluding hydrogens is 392 g/mol. The van der Waals surface area contributed by atoms with Crippen LogP contribution in [0.3, 0.4) is 0 Å². The first-order valence-electron chi connectivity index (χ1n) is 11.6. The van der Waals surface area contributed by atoms with Crippen LogP contribution in [0.5, 0.6) is 11.5 Å². The van der Waals surface area contributed by atoms with E-state index in [4.69, 9.17) is 9.73 Å². The second-order valence-corrected chi connectivity index (χ2v) is 9.82. The highest BCUT2D eigenvalue weighted by Crippen LogP contribution is 2.45. The molecule has 1 atom stereocenters. The molecule has 32 heavy (non-hydrogen) atoms. The predicted octanol–water partition coefficient (Wildman–Crippen LogP) is 8.04. The van der Waals surface area contributed by atoms with Crippen molar-refractivity contribution in [1.82, 2.24) is 0 Å². The van der Waals surface area contributed by atoms with Crippen molar-refractivity contribution in [1.29, 1.82) is 0 Å². The van der Waals surface area contributed by atoms with Crippen LogP contribution in [0.25, 0.3) is 0 Å². The van der Waals surface area contributed by atoms with E-state index >= 15 is 0 Å². The summed E-state index contributed by atoms with van der Waals surface area (Å²) < 4.78 is 5.88. The quantitative estimate of drug-likeness (QED) is 0.386. The summed E-state index contributed by atoms with van der Waals surface area (Å²) in [6, 6.07) is 22.9. The number of aliphatic imine (C=N–C) groups is 1. The fourth-order valence-corrected chi connectivity index (χ4v) is 5.10. The summed E-state index contributed by atoms with van der Waals surface area (Å²) >= 11 is 0. The van der Waals surface area contributed by atoms with E-state index < -0.39 is 0 Å². The normalized spacial score (nSPS) is 17.6. The van der Waals surface area contributed by atoms with Crippen LogP contribution in [0, 0.1) is 6.92 Å². The molecular formula is C29H34N2O. The summed E-state index contributed by atoms with van der Waals surface area (Å²) in [5, 5.41) is 0. The van der Waals surface area contributed by atoms with Gasteiger partial charge in [-0.25, -0.2) is 0 Å². The van der Waals surface area contributed by atoms with Crippen LogP contribution in [-0.4, -0.2) is 17.8 Å². The van der Waals surface area contributed by atoms with Crippen molar-refractivity contribution < 1.29 is 4.74 Å². The maximum absolute atomic E-state index is 5.88. The molecule has 0 aliphatic carbocycles. The number of aryl methyl sites for hydroxylation is 1. The monoisotopic (exact) mass is 426 g/mol. The average Bonchev–Trinajstić information content (AvgIpc) is 2.73. The molecule has 0 aromatic heterocycles. The number of anilines is 1. The Morgan fingerprint density at radius 2 is 1.66 bits per heavy atom. The van der Waals surface area contributed by atoms with Crippen molar-refractivity contribution >= 4 is 17.6 Å². The molecule has 0 amide bonds. The molecule has 0 radical (unpaired) electrons. The first-order valence-corrected chi connectivity index (χ1v) is 11.6. The van der Waals surface area contributed by atoms with Gasteiger partial charge >= 0.3 is 0 Å². The fourth-order valence-electron chi connectivity index (χ4n) is 5.10. The average molecular weight is 427 g/mol. The van der Waals surface area contributed by atoms with Crippen LogP contribution < -0.4 is 9.64 Å². The van der Waals surface area contributed by atoms with Crippen LogP contribution in [0.1, 0.15) is 63.6 Å². The van der Waals surface area contributed by atoms with Gasteiger partial charge in [-0.1, -0.05) is 25.1 Å². The van der Waals surface area contributed by atoms with E-state index in [0.29, 0.717) is 12.0 Å². The Balaban J connectivity index is 1.57. The van der Waals surface area contributed by atoms with Crippen LogP contribution in [0.15, 0.2) is 71.7 Å². The van der Waals surface area contributed by atoms with Crippen molar-refractivity contribution in [2.24, 2.45) is 4.99 Å². The molecule has 0 saturated carbocycles.